The van der Waals surface area contributed by atoms with Gasteiger partial charge in [0.05, 0.1) is 6.61 Å². The molecule has 20 heavy (non-hydrogen) atoms. The summed E-state index contributed by atoms with van der Waals surface area (Å²) < 4.78 is 0. The van der Waals surface area contributed by atoms with Crippen molar-refractivity contribution in [2.75, 3.05) is 19.7 Å². The SMILES string of the molecule is CC(C)N1CCC(C(=O)NC2CCCC2(C)CO)CC1. The molecule has 4 nitrogen and oxygen atoms in total. The van der Waals surface area contributed by atoms with E-state index in [1.54, 1.807) is 0 Å². The molecule has 1 heterocycles. The molecular formula is C16H30N2O2. The second-order valence-electron chi connectivity index (χ2n) is 7.17. The number of amides is 1. The summed E-state index contributed by atoms with van der Waals surface area (Å²) >= 11 is 0. The van der Waals surface area contributed by atoms with Gasteiger partial charge in [-0.1, -0.05) is 13.3 Å². The molecule has 0 aromatic rings. The second-order valence-corrected chi connectivity index (χ2v) is 7.17. The van der Waals surface area contributed by atoms with Crippen LogP contribution in [-0.2, 0) is 4.79 Å². The summed E-state index contributed by atoms with van der Waals surface area (Å²) in [6.45, 7) is 8.74. The number of carbonyl (C=O) groups excluding carboxylic acids is 1. The Kier molecular flexibility index (Phi) is 5.08. The van der Waals surface area contributed by atoms with Gasteiger partial charge in [0.2, 0.25) is 5.91 Å². The first-order valence-corrected chi connectivity index (χ1v) is 8.11. The van der Waals surface area contributed by atoms with Crippen LogP contribution in [-0.4, -0.2) is 47.7 Å². The van der Waals surface area contributed by atoms with Crippen LogP contribution in [0.4, 0.5) is 0 Å². The van der Waals surface area contributed by atoms with Crippen LogP contribution >= 0.6 is 0 Å². The highest BCUT2D eigenvalue weighted by Crippen LogP contribution is 2.37. The third kappa shape index (κ3) is 3.34. The van der Waals surface area contributed by atoms with Gasteiger partial charge in [-0.2, -0.15) is 0 Å². The van der Waals surface area contributed by atoms with Gasteiger partial charge >= 0.3 is 0 Å². The summed E-state index contributed by atoms with van der Waals surface area (Å²) in [7, 11) is 0. The van der Waals surface area contributed by atoms with Crippen molar-refractivity contribution in [1.82, 2.24) is 10.2 Å². The van der Waals surface area contributed by atoms with Crippen LogP contribution in [0.25, 0.3) is 0 Å². The Morgan fingerprint density at radius 2 is 2.00 bits per heavy atom. The minimum atomic E-state index is -0.117. The number of hydrogen-bond donors (Lipinski definition) is 2. The first-order valence-electron chi connectivity index (χ1n) is 8.11. The summed E-state index contributed by atoms with van der Waals surface area (Å²) in [5.41, 5.74) is -0.117. The molecule has 4 heteroatoms. The number of nitrogens with one attached hydrogen (secondary N) is 1. The third-order valence-electron chi connectivity index (χ3n) is 5.39. The summed E-state index contributed by atoms with van der Waals surface area (Å²) in [4.78, 5) is 14.9. The fourth-order valence-corrected chi connectivity index (χ4v) is 3.64. The molecular weight excluding hydrogens is 252 g/mol. The van der Waals surface area contributed by atoms with Crippen molar-refractivity contribution in [2.24, 2.45) is 11.3 Å². The summed E-state index contributed by atoms with van der Waals surface area (Å²) in [6.07, 6.45) is 5.06. The van der Waals surface area contributed by atoms with E-state index in [-0.39, 0.29) is 29.9 Å². The van der Waals surface area contributed by atoms with E-state index in [1.165, 1.54) is 0 Å². The number of aliphatic hydroxyl groups excluding tert-OH is 1. The molecule has 1 aliphatic heterocycles. The van der Waals surface area contributed by atoms with Gasteiger partial charge in [-0.15, -0.1) is 0 Å². The molecule has 2 fully saturated rings. The Morgan fingerprint density at radius 3 is 2.55 bits per heavy atom. The third-order valence-corrected chi connectivity index (χ3v) is 5.39. The van der Waals surface area contributed by atoms with Gasteiger partial charge in [-0.05, 0) is 52.6 Å². The normalized spacial score (nSPS) is 32.8. The molecule has 0 aromatic heterocycles. The molecule has 0 radical (unpaired) electrons. The Morgan fingerprint density at radius 1 is 1.35 bits per heavy atom. The molecule has 0 aromatic carbocycles. The zero-order valence-electron chi connectivity index (χ0n) is 13.2. The molecule has 2 atom stereocenters. The maximum absolute atomic E-state index is 12.4. The molecule has 0 bridgehead atoms. The van der Waals surface area contributed by atoms with Crippen LogP contribution < -0.4 is 5.32 Å². The van der Waals surface area contributed by atoms with E-state index in [0.29, 0.717) is 6.04 Å². The van der Waals surface area contributed by atoms with Crippen LogP contribution in [0.3, 0.4) is 0 Å². The lowest BCUT2D eigenvalue weighted by Gasteiger charge is -2.36. The van der Waals surface area contributed by atoms with Gasteiger partial charge in [0.1, 0.15) is 0 Å². The van der Waals surface area contributed by atoms with Crippen LogP contribution in [0.15, 0.2) is 0 Å². The average Bonchev–Trinajstić information content (AvgIpc) is 2.81. The van der Waals surface area contributed by atoms with Gasteiger partial charge in [0, 0.05) is 23.4 Å². The maximum atomic E-state index is 12.4. The second kappa shape index (κ2) is 6.44. The van der Waals surface area contributed by atoms with Gasteiger partial charge < -0.3 is 15.3 Å². The molecule has 1 aliphatic carbocycles. The predicted molar refractivity (Wildman–Crippen MR) is 80.4 cm³/mol. The van der Waals surface area contributed by atoms with E-state index in [4.69, 9.17) is 0 Å². The highest BCUT2D eigenvalue weighted by molar-refractivity contribution is 5.79. The van der Waals surface area contributed by atoms with Crippen molar-refractivity contribution in [1.29, 1.82) is 0 Å². The first kappa shape index (κ1) is 15.8. The van der Waals surface area contributed by atoms with Gasteiger partial charge in [-0.25, -0.2) is 0 Å². The molecule has 1 saturated heterocycles. The highest BCUT2D eigenvalue weighted by Gasteiger charge is 2.40. The standard InChI is InChI=1S/C16H30N2O2/c1-12(2)18-9-6-13(7-10-18)15(20)17-14-5-4-8-16(14,3)11-19/h12-14,19H,4-11H2,1-3H3,(H,17,20). The van der Waals surface area contributed by atoms with E-state index in [1.807, 2.05) is 0 Å². The number of rotatable bonds is 4. The van der Waals surface area contributed by atoms with Crippen molar-refractivity contribution in [3.05, 3.63) is 0 Å². The lowest BCUT2D eigenvalue weighted by molar-refractivity contribution is -0.128. The summed E-state index contributed by atoms with van der Waals surface area (Å²) in [5.74, 6) is 0.369. The number of nitrogens with zero attached hydrogens (tertiary/aromatic N) is 1. The van der Waals surface area contributed by atoms with Gasteiger partial charge in [0.25, 0.3) is 0 Å². The van der Waals surface area contributed by atoms with Crippen LogP contribution in [0.5, 0.6) is 0 Å². The lowest BCUT2D eigenvalue weighted by Crippen LogP contribution is -2.49. The van der Waals surface area contributed by atoms with Crippen molar-refractivity contribution < 1.29 is 9.90 Å². The Labute approximate surface area is 122 Å². The topological polar surface area (TPSA) is 52.6 Å². The van der Waals surface area contributed by atoms with E-state index in [9.17, 15) is 9.90 Å². The monoisotopic (exact) mass is 282 g/mol. The van der Waals surface area contributed by atoms with Gasteiger partial charge in [-0.3, -0.25) is 4.79 Å². The fourth-order valence-electron chi connectivity index (χ4n) is 3.64. The minimum Gasteiger partial charge on any atom is -0.396 e. The number of piperidine rings is 1. The fraction of sp³-hybridized carbons (Fsp3) is 0.938. The quantitative estimate of drug-likeness (QED) is 0.826. The van der Waals surface area contributed by atoms with E-state index in [2.05, 4.69) is 31.0 Å². The average molecular weight is 282 g/mol. The Bertz CT molecular complexity index is 337. The summed E-state index contributed by atoms with van der Waals surface area (Å²) in [6, 6.07) is 0.731. The zero-order valence-corrected chi connectivity index (χ0v) is 13.2. The van der Waals surface area contributed by atoms with Crippen molar-refractivity contribution in [3.63, 3.8) is 0 Å². The molecule has 0 spiro atoms. The van der Waals surface area contributed by atoms with Gasteiger partial charge in [0.15, 0.2) is 0 Å². The molecule has 2 unspecified atom stereocenters. The smallest absolute Gasteiger partial charge is 0.223 e. The molecule has 1 amide bonds. The van der Waals surface area contributed by atoms with Crippen LogP contribution in [0, 0.1) is 11.3 Å². The van der Waals surface area contributed by atoms with E-state index in [0.717, 1.165) is 45.2 Å². The van der Waals surface area contributed by atoms with Crippen molar-refractivity contribution >= 4 is 5.91 Å². The number of carbonyl (C=O) groups is 1. The van der Waals surface area contributed by atoms with Crippen LogP contribution in [0.1, 0.15) is 52.9 Å². The maximum Gasteiger partial charge on any atom is 0.223 e. The Balaban J connectivity index is 1.84. The molecule has 2 rings (SSSR count). The van der Waals surface area contributed by atoms with Crippen molar-refractivity contribution in [3.8, 4) is 0 Å². The van der Waals surface area contributed by atoms with E-state index < -0.39 is 0 Å². The number of aliphatic hydroxyl groups is 1. The summed E-state index contributed by atoms with van der Waals surface area (Å²) in [5, 5.41) is 12.8. The minimum absolute atomic E-state index is 0.117. The predicted octanol–water partition coefficient (Wildman–Crippen LogP) is 1.77. The van der Waals surface area contributed by atoms with Crippen LogP contribution in [0.2, 0.25) is 0 Å². The molecule has 2 N–H and O–H groups in total. The molecule has 116 valence electrons. The highest BCUT2D eigenvalue weighted by atomic mass is 16.3. The zero-order chi connectivity index (χ0) is 14.8. The largest absolute Gasteiger partial charge is 0.396 e. The van der Waals surface area contributed by atoms with E-state index >= 15 is 0 Å². The number of likely N-dealkylation sites (tertiary alicyclic amines) is 1. The van der Waals surface area contributed by atoms with Crippen molar-refractivity contribution in [2.45, 2.75) is 65.0 Å². The molecule has 2 aliphatic rings. The Hall–Kier alpha value is -0.610. The first-order chi connectivity index (χ1) is 9.46. The number of hydrogen-bond acceptors (Lipinski definition) is 3. The lowest BCUT2D eigenvalue weighted by atomic mass is 9.85. The molecule has 1 saturated carbocycles.